The molecule has 8 N–H and O–H groups in total. The molecule has 0 radical (unpaired) electrons. The first-order valence-corrected chi connectivity index (χ1v) is 13.4. The molecule has 13 heteroatoms. The van der Waals surface area contributed by atoms with Crippen LogP contribution in [0.2, 0.25) is 0 Å². The smallest absolute Gasteiger partial charge is 0.326 e. The number of carboxylic acids is 1. The molecular weight excluding hydrogens is 470 g/mol. The highest BCUT2D eigenvalue weighted by atomic mass is 32.2. The number of hydrogen-bond donors (Lipinski definition) is 6. The Labute approximate surface area is 203 Å². The van der Waals surface area contributed by atoms with Crippen molar-refractivity contribution in [2.45, 2.75) is 63.7 Å². The molecule has 4 unspecified atom stereocenters. The van der Waals surface area contributed by atoms with E-state index >= 15 is 0 Å². The second-order valence-electron chi connectivity index (χ2n) is 7.86. The predicted molar refractivity (Wildman–Crippen MR) is 131 cm³/mol. The summed E-state index contributed by atoms with van der Waals surface area (Å²) >= 11 is 2.91. The van der Waals surface area contributed by atoms with E-state index in [1.54, 1.807) is 13.8 Å². The van der Waals surface area contributed by atoms with Crippen LogP contribution >= 0.6 is 23.5 Å². The number of carboxylic acid groups (broad SMARTS) is 1. The zero-order valence-electron chi connectivity index (χ0n) is 19.6. The minimum absolute atomic E-state index is 0.115. The van der Waals surface area contributed by atoms with Crippen LogP contribution in [0.3, 0.4) is 0 Å². The molecule has 0 spiro atoms. The molecular formula is C20H37N5O6S2. The molecule has 0 heterocycles. The van der Waals surface area contributed by atoms with Crippen LogP contribution in [0, 0.1) is 5.92 Å². The van der Waals surface area contributed by atoms with Gasteiger partial charge in [0.2, 0.25) is 23.6 Å². The summed E-state index contributed by atoms with van der Waals surface area (Å²) in [5.74, 6) is -2.82. The topological polar surface area (TPSA) is 194 Å². The molecule has 0 aromatic heterocycles. The van der Waals surface area contributed by atoms with E-state index in [0.29, 0.717) is 17.9 Å². The number of nitrogens with two attached hydrogens (primary N) is 2. The molecule has 0 bridgehead atoms. The number of hydrogen-bond acceptors (Lipinski definition) is 8. The van der Waals surface area contributed by atoms with Gasteiger partial charge in [-0.2, -0.15) is 23.5 Å². The average molecular weight is 508 g/mol. The van der Waals surface area contributed by atoms with Crippen LogP contribution in [0.25, 0.3) is 0 Å². The molecule has 0 aromatic carbocycles. The van der Waals surface area contributed by atoms with Crippen LogP contribution in [0.15, 0.2) is 0 Å². The normalized spacial score (nSPS) is 14.6. The number of nitrogens with one attached hydrogen (secondary N) is 3. The van der Waals surface area contributed by atoms with Crippen molar-refractivity contribution in [1.29, 1.82) is 0 Å². The van der Waals surface area contributed by atoms with E-state index in [4.69, 9.17) is 11.5 Å². The molecule has 4 atom stereocenters. The summed E-state index contributed by atoms with van der Waals surface area (Å²) in [6, 6.07) is -4.11. The molecule has 0 rings (SSSR count). The van der Waals surface area contributed by atoms with E-state index in [9.17, 15) is 29.1 Å². The second-order valence-corrected chi connectivity index (χ2v) is 9.83. The Morgan fingerprint density at radius 3 is 1.64 bits per heavy atom. The van der Waals surface area contributed by atoms with Gasteiger partial charge < -0.3 is 32.5 Å². The Bertz CT molecular complexity index is 679. The number of carbonyl (C=O) groups is 5. The van der Waals surface area contributed by atoms with Gasteiger partial charge in [0, 0.05) is 6.42 Å². The van der Waals surface area contributed by atoms with Crippen LogP contribution in [0.1, 0.15) is 39.5 Å². The van der Waals surface area contributed by atoms with Gasteiger partial charge >= 0.3 is 5.97 Å². The fraction of sp³-hybridized carbons (Fsp3) is 0.750. The number of amides is 4. The van der Waals surface area contributed by atoms with Crippen molar-refractivity contribution in [2.24, 2.45) is 17.4 Å². The first-order valence-electron chi connectivity index (χ1n) is 10.6. The van der Waals surface area contributed by atoms with Gasteiger partial charge in [-0.15, -0.1) is 0 Å². The lowest BCUT2D eigenvalue weighted by Crippen LogP contribution is -2.57. The lowest BCUT2D eigenvalue weighted by Gasteiger charge is -2.25. The van der Waals surface area contributed by atoms with Crippen molar-refractivity contribution in [3.8, 4) is 0 Å². The van der Waals surface area contributed by atoms with Crippen LogP contribution in [-0.4, -0.2) is 82.9 Å². The number of carbonyl (C=O) groups excluding carboxylic acids is 4. The monoisotopic (exact) mass is 507 g/mol. The predicted octanol–water partition coefficient (Wildman–Crippen LogP) is -0.720. The van der Waals surface area contributed by atoms with Crippen LogP contribution in [0.4, 0.5) is 0 Å². The molecule has 0 fully saturated rings. The standard InChI is InChI=1S/C20H37N5O6S2/c1-11(2)16(22)19(29)24-13(7-9-32-3)18(28)23-12(5-6-15(21)26)17(27)25-14(20(30)31)8-10-33-4/h11-14,16H,5-10,22H2,1-4H3,(H2,21,26)(H,23,28)(H,24,29)(H,25,27)(H,30,31). The number of primary amides is 1. The first kappa shape index (κ1) is 31.0. The first-order chi connectivity index (χ1) is 15.4. The van der Waals surface area contributed by atoms with E-state index in [0.717, 1.165) is 0 Å². The lowest BCUT2D eigenvalue weighted by molar-refractivity contribution is -0.142. The molecule has 4 amide bonds. The van der Waals surface area contributed by atoms with E-state index in [1.807, 2.05) is 12.5 Å². The summed E-state index contributed by atoms with van der Waals surface area (Å²) in [6.07, 6.45) is 3.83. The molecule has 0 aliphatic rings. The van der Waals surface area contributed by atoms with Crippen molar-refractivity contribution in [3.63, 3.8) is 0 Å². The molecule has 0 saturated heterocycles. The van der Waals surface area contributed by atoms with Gasteiger partial charge in [-0.3, -0.25) is 19.2 Å². The molecule has 33 heavy (non-hydrogen) atoms. The minimum atomic E-state index is -1.20. The number of rotatable bonds is 17. The van der Waals surface area contributed by atoms with E-state index in [2.05, 4.69) is 16.0 Å². The molecule has 0 saturated carbocycles. The van der Waals surface area contributed by atoms with Crippen molar-refractivity contribution in [1.82, 2.24) is 16.0 Å². The maximum Gasteiger partial charge on any atom is 0.326 e. The third-order valence-electron chi connectivity index (χ3n) is 4.80. The molecule has 0 aliphatic carbocycles. The van der Waals surface area contributed by atoms with Gasteiger partial charge in [0.05, 0.1) is 6.04 Å². The number of aliphatic carboxylic acids is 1. The van der Waals surface area contributed by atoms with Crippen molar-refractivity contribution >= 4 is 53.1 Å². The van der Waals surface area contributed by atoms with Crippen LogP contribution in [-0.2, 0) is 24.0 Å². The summed E-state index contributed by atoms with van der Waals surface area (Å²) in [6.45, 7) is 3.56. The fourth-order valence-electron chi connectivity index (χ4n) is 2.67. The maximum atomic E-state index is 12.9. The minimum Gasteiger partial charge on any atom is -0.480 e. The van der Waals surface area contributed by atoms with E-state index in [1.165, 1.54) is 23.5 Å². The summed E-state index contributed by atoms with van der Waals surface area (Å²) < 4.78 is 0. The SMILES string of the molecule is CSCCC(NC(=O)C(CCC(N)=O)NC(=O)C(CCSC)NC(=O)C(N)C(C)C)C(=O)O. The molecule has 11 nitrogen and oxygen atoms in total. The summed E-state index contributed by atoms with van der Waals surface area (Å²) in [4.78, 5) is 60.8. The summed E-state index contributed by atoms with van der Waals surface area (Å²) in [5, 5.41) is 16.9. The third kappa shape index (κ3) is 12.7. The Hall–Kier alpha value is -1.99. The Balaban J connectivity index is 5.49. The Morgan fingerprint density at radius 1 is 0.788 bits per heavy atom. The quantitative estimate of drug-likeness (QED) is 0.147. The maximum absolute atomic E-state index is 12.9. The largest absolute Gasteiger partial charge is 0.480 e. The van der Waals surface area contributed by atoms with Crippen molar-refractivity contribution in [2.75, 3.05) is 24.0 Å². The van der Waals surface area contributed by atoms with Gasteiger partial charge in [0.25, 0.3) is 0 Å². The Morgan fingerprint density at radius 2 is 1.21 bits per heavy atom. The highest BCUT2D eigenvalue weighted by Gasteiger charge is 2.30. The highest BCUT2D eigenvalue weighted by Crippen LogP contribution is 2.07. The second kappa shape index (κ2) is 16.6. The molecule has 0 aromatic rings. The van der Waals surface area contributed by atoms with Gasteiger partial charge in [0.15, 0.2) is 0 Å². The number of thioether (sulfide) groups is 2. The van der Waals surface area contributed by atoms with Gasteiger partial charge in [0.1, 0.15) is 18.1 Å². The van der Waals surface area contributed by atoms with E-state index in [-0.39, 0.29) is 25.2 Å². The Kier molecular flexibility index (Phi) is 15.6. The van der Waals surface area contributed by atoms with Crippen LogP contribution < -0.4 is 27.4 Å². The van der Waals surface area contributed by atoms with Gasteiger partial charge in [-0.1, -0.05) is 13.8 Å². The lowest BCUT2D eigenvalue weighted by atomic mass is 10.0. The van der Waals surface area contributed by atoms with Gasteiger partial charge in [-0.25, -0.2) is 4.79 Å². The zero-order valence-corrected chi connectivity index (χ0v) is 21.2. The fourth-order valence-corrected chi connectivity index (χ4v) is 3.61. The zero-order chi connectivity index (χ0) is 25.6. The molecule has 190 valence electrons. The van der Waals surface area contributed by atoms with Crippen molar-refractivity contribution < 1.29 is 29.1 Å². The van der Waals surface area contributed by atoms with E-state index < -0.39 is 53.8 Å². The third-order valence-corrected chi connectivity index (χ3v) is 6.09. The average Bonchev–Trinajstić information content (AvgIpc) is 2.75. The van der Waals surface area contributed by atoms with Crippen LogP contribution in [0.5, 0.6) is 0 Å². The van der Waals surface area contributed by atoms with Crippen molar-refractivity contribution in [3.05, 3.63) is 0 Å². The highest BCUT2D eigenvalue weighted by molar-refractivity contribution is 7.98. The molecule has 0 aliphatic heterocycles. The summed E-state index contributed by atoms with van der Waals surface area (Å²) in [5.41, 5.74) is 11.1. The summed E-state index contributed by atoms with van der Waals surface area (Å²) in [7, 11) is 0. The van der Waals surface area contributed by atoms with Gasteiger partial charge in [-0.05, 0) is 49.2 Å².